The van der Waals surface area contributed by atoms with Crippen LogP contribution in [0.15, 0.2) is 83.0 Å². The van der Waals surface area contributed by atoms with Crippen LogP contribution in [0, 0.1) is 6.92 Å². The van der Waals surface area contributed by atoms with Gasteiger partial charge >= 0.3 is 0 Å². The third-order valence-electron chi connectivity index (χ3n) is 6.33. The molecule has 0 fully saturated rings. The number of benzene rings is 3. The molecule has 0 radical (unpaired) electrons. The van der Waals surface area contributed by atoms with Crippen molar-refractivity contribution in [1.29, 1.82) is 0 Å². The van der Waals surface area contributed by atoms with E-state index >= 15 is 0 Å². The maximum Gasteiger partial charge on any atom is 0.268 e. The standard InChI is InChI=1S/C27H21N3O5S2/c1-17-6-2-3-7-19(17)14-30-21-9-5-4-8-20(21)26-25(37(30,32)33)13-28-27(29-26)36-15-22(31)18-10-11-23-24(12-18)35-16-34-23/h2-13H,14-16H2,1H3. The van der Waals surface area contributed by atoms with Gasteiger partial charge in [-0.1, -0.05) is 54.2 Å². The summed E-state index contributed by atoms with van der Waals surface area (Å²) in [6.45, 7) is 2.30. The van der Waals surface area contributed by atoms with Gasteiger partial charge in [0.05, 0.1) is 29.9 Å². The van der Waals surface area contributed by atoms with Crippen LogP contribution < -0.4 is 13.8 Å². The Hall–Kier alpha value is -3.89. The molecular weight excluding hydrogens is 510 g/mol. The fourth-order valence-corrected chi connectivity index (χ4v) is 6.60. The molecule has 4 aromatic rings. The molecule has 37 heavy (non-hydrogen) atoms. The molecule has 1 aromatic heterocycles. The van der Waals surface area contributed by atoms with Crippen LogP contribution in [0.3, 0.4) is 0 Å². The fourth-order valence-electron chi connectivity index (χ4n) is 4.34. The highest BCUT2D eigenvalue weighted by Gasteiger charge is 2.36. The highest BCUT2D eigenvalue weighted by molar-refractivity contribution is 7.99. The number of carbonyl (C=O) groups excluding carboxylic acids is 1. The van der Waals surface area contributed by atoms with Crippen LogP contribution >= 0.6 is 11.8 Å². The van der Waals surface area contributed by atoms with Gasteiger partial charge in [0.2, 0.25) is 6.79 Å². The molecule has 0 unspecified atom stereocenters. The number of thioether (sulfide) groups is 1. The average Bonchev–Trinajstić information content (AvgIpc) is 3.38. The summed E-state index contributed by atoms with van der Waals surface area (Å²) in [4.78, 5) is 21.7. The first-order chi connectivity index (χ1) is 17.9. The Morgan fingerprint density at radius 2 is 1.81 bits per heavy atom. The summed E-state index contributed by atoms with van der Waals surface area (Å²) in [5.74, 6) is 1.12. The first-order valence-corrected chi connectivity index (χ1v) is 13.9. The molecule has 0 bridgehead atoms. The first-order valence-electron chi connectivity index (χ1n) is 11.5. The Bertz CT molecular complexity index is 1660. The van der Waals surface area contributed by atoms with Crippen molar-refractivity contribution in [2.75, 3.05) is 16.9 Å². The van der Waals surface area contributed by atoms with Crippen molar-refractivity contribution >= 4 is 33.3 Å². The Balaban J connectivity index is 1.29. The van der Waals surface area contributed by atoms with Gasteiger partial charge in [-0.3, -0.25) is 9.10 Å². The summed E-state index contributed by atoms with van der Waals surface area (Å²) in [7, 11) is -3.90. The number of hydrogen-bond donors (Lipinski definition) is 0. The van der Waals surface area contributed by atoms with E-state index in [0.717, 1.165) is 22.9 Å². The third kappa shape index (κ3) is 4.21. The summed E-state index contributed by atoms with van der Waals surface area (Å²) >= 11 is 1.16. The Kier molecular flexibility index (Phi) is 5.85. The summed E-state index contributed by atoms with van der Waals surface area (Å²) in [6, 6.07) is 20.1. The zero-order valence-electron chi connectivity index (χ0n) is 19.7. The topological polar surface area (TPSA) is 98.7 Å². The highest BCUT2D eigenvalue weighted by Crippen LogP contribution is 2.43. The van der Waals surface area contributed by atoms with Gasteiger partial charge in [0, 0.05) is 11.1 Å². The van der Waals surface area contributed by atoms with E-state index in [-0.39, 0.29) is 29.8 Å². The van der Waals surface area contributed by atoms with Gasteiger partial charge in [0.15, 0.2) is 22.4 Å². The van der Waals surface area contributed by atoms with E-state index in [2.05, 4.69) is 9.97 Å². The maximum absolute atomic E-state index is 13.7. The van der Waals surface area contributed by atoms with Crippen LogP contribution in [-0.4, -0.2) is 36.7 Å². The van der Waals surface area contributed by atoms with Crippen molar-refractivity contribution < 1.29 is 22.7 Å². The van der Waals surface area contributed by atoms with Gasteiger partial charge < -0.3 is 9.47 Å². The number of fused-ring (bicyclic) bond motifs is 4. The number of aromatic nitrogens is 2. The van der Waals surface area contributed by atoms with Gasteiger partial charge in [-0.25, -0.2) is 18.4 Å². The molecule has 0 amide bonds. The SMILES string of the molecule is Cc1ccccc1CN1c2ccccc2-c2nc(SCC(=O)c3ccc4c(c3)OCO4)ncc2S1(=O)=O. The van der Waals surface area contributed by atoms with Gasteiger partial charge in [-0.2, -0.15) is 0 Å². The number of para-hydroxylation sites is 1. The number of Topliss-reactive ketones (excluding diaryl/α,β-unsaturated/α-hetero) is 1. The average molecular weight is 532 g/mol. The molecular formula is C27H21N3O5S2. The second-order valence-electron chi connectivity index (χ2n) is 8.60. The molecule has 186 valence electrons. The lowest BCUT2D eigenvalue weighted by molar-refractivity contribution is 0.102. The van der Waals surface area contributed by atoms with E-state index in [9.17, 15) is 13.2 Å². The first kappa shape index (κ1) is 23.5. The Morgan fingerprint density at radius 1 is 1.03 bits per heavy atom. The third-order valence-corrected chi connectivity index (χ3v) is 8.95. The van der Waals surface area contributed by atoms with E-state index < -0.39 is 10.0 Å². The molecule has 0 spiro atoms. The van der Waals surface area contributed by atoms with Crippen molar-refractivity contribution in [2.24, 2.45) is 0 Å². The molecule has 8 nitrogen and oxygen atoms in total. The molecule has 3 aromatic carbocycles. The predicted molar refractivity (Wildman–Crippen MR) is 140 cm³/mol. The number of ether oxygens (including phenoxy) is 2. The molecule has 2 aliphatic heterocycles. The summed E-state index contributed by atoms with van der Waals surface area (Å²) in [5.41, 5.74) is 4.02. The van der Waals surface area contributed by atoms with Crippen LogP contribution in [0.25, 0.3) is 11.3 Å². The van der Waals surface area contributed by atoms with Gasteiger partial charge in [0.1, 0.15) is 4.90 Å². The molecule has 6 rings (SSSR count). The summed E-state index contributed by atoms with van der Waals surface area (Å²) < 4.78 is 39.5. The number of nitrogens with zero attached hydrogens (tertiary/aromatic N) is 3. The monoisotopic (exact) mass is 531 g/mol. The number of anilines is 1. The van der Waals surface area contributed by atoms with Crippen LogP contribution in [0.1, 0.15) is 21.5 Å². The molecule has 0 N–H and O–H groups in total. The summed E-state index contributed by atoms with van der Waals surface area (Å²) in [5, 5.41) is 0.324. The van der Waals surface area contributed by atoms with E-state index in [1.54, 1.807) is 24.3 Å². The largest absolute Gasteiger partial charge is 0.454 e. The number of ketones is 1. The van der Waals surface area contributed by atoms with E-state index in [1.165, 1.54) is 10.5 Å². The van der Waals surface area contributed by atoms with Crippen molar-refractivity contribution in [2.45, 2.75) is 23.5 Å². The number of aryl methyl sites for hydroxylation is 1. The molecule has 3 heterocycles. The van der Waals surface area contributed by atoms with Crippen LogP contribution in [0.2, 0.25) is 0 Å². The molecule has 0 aliphatic carbocycles. The van der Waals surface area contributed by atoms with Gasteiger partial charge in [-0.15, -0.1) is 0 Å². The highest BCUT2D eigenvalue weighted by atomic mass is 32.2. The molecule has 0 atom stereocenters. The Labute approximate surface area is 218 Å². The Morgan fingerprint density at radius 3 is 2.68 bits per heavy atom. The second-order valence-corrected chi connectivity index (χ2v) is 11.4. The van der Waals surface area contributed by atoms with Crippen molar-refractivity contribution in [3.63, 3.8) is 0 Å². The predicted octanol–water partition coefficient (Wildman–Crippen LogP) is 4.86. The fraction of sp³-hybridized carbons (Fsp3) is 0.148. The molecule has 0 saturated heterocycles. The minimum atomic E-state index is -3.90. The quantitative estimate of drug-likeness (QED) is 0.198. The lowest BCUT2D eigenvalue weighted by Crippen LogP contribution is -2.34. The zero-order chi connectivity index (χ0) is 25.6. The molecule has 10 heteroatoms. The van der Waals surface area contributed by atoms with Crippen LogP contribution in [-0.2, 0) is 16.6 Å². The normalized spacial score (nSPS) is 14.7. The van der Waals surface area contributed by atoms with Gasteiger partial charge in [0.25, 0.3) is 10.0 Å². The number of hydrogen-bond acceptors (Lipinski definition) is 8. The van der Waals surface area contributed by atoms with E-state index in [0.29, 0.717) is 39.2 Å². The second kappa shape index (κ2) is 9.20. The van der Waals surface area contributed by atoms with Crippen molar-refractivity contribution in [1.82, 2.24) is 9.97 Å². The van der Waals surface area contributed by atoms with Crippen molar-refractivity contribution in [3.8, 4) is 22.8 Å². The summed E-state index contributed by atoms with van der Waals surface area (Å²) in [6.07, 6.45) is 1.34. The van der Waals surface area contributed by atoms with E-state index in [4.69, 9.17) is 9.47 Å². The molecule has 2 aliphatic rings. The van der Waals surface area contributed by atoms with Gasteiger partial charge in [-0.05, 0) is 42.3 Å². The van der Waals surface area contributed by atoms with Crippen LogP contribution in [0.4, 0.5) is 5.69 Å². The number of rotatable bonds is 6. The lowest BCUT2D eigenvalue weighted by atomic mass is 10.1. The van der Waals surface area contributed by atoms with E-state index in [1.807, 2.05) is 49.4 Å². The van der Waals surface area contributed by atoms with Crippen molar-refractivity contribution in [3.05, 3.63) is 89.6 Å². The zero-order valence-corrected chi connectivity index (χ0v) is 21.4. The molecule has 0 saturated carbocycles. The smallest absolute Gasteiger partial charge is 0.268 e. The minimum Gasteiger partial charge on any atom is -0.454 e. The maximum atomic E-state index is 13.7. The lowest BCUT2D eigenvalue weighted by Gasteiger charge is -2.31. The number of sulfonamides is 1. The number of carbonyl (C=O) groups is 1. The minimum absolute atomic E-state index is 0.0474. The van der Waals surface area contributed by atoms with Crippen LogP contribution in [0.5, 0.6) is 11.5 Å².